The number of aryl methyl sites for hydroxylation is 2. The summed E-state index contributed by atoms with van der Waals surface area (Å²) < 4.78 is 106. The smallest absolute Gasteiger partial charge is 0.382 e. The molecule has 0 atom stereocenters. The van der Waals surface area contributed by atoms with Crippen LogP contribution in [0.5, 0.6) is 0 Å². The van der Waals surface area contributed by atoms with E-state index in [-0.39, 0.29) is 61.3 Å². The SMILES string of the molecule is Cc1cc(-c2cnc3c(NCCCC(F)(F)F)cc(Br)nn23)ccc1C(=O)NC1CC1.Cc1cc(-c2cnc3c(NCCCC(F)(F)F)cc(Nc4ccc(F)c(F)c4)nn23)ccc1C(=O)NC1CC1. The second-order valence-electron chi connectivity index (χ2n) is 17.2. The molecule has 0 spiro atoms. The van der Waals surface area contributed by atoms with Crippen LogP contribution in [0.1, 0.15) is 83.2 Å². The fourth-order valence-electron chi connectivity index (χ4n) is 7.50. The van der Waals surface area contributed by atoms with Crippen LogP contribution in [0.4, 0.5) is 58.0 Å². The van der Waals surface area contributed by atoms with Crippen LogP contribution in [0.3, 0.4) is 0 Å². The zero-order valence-corrected chi connectivity index (χ0v) is 39.2. The average molecular weight is 1040 g/mol. The van der Waals surface area contributed by atoms with Crippen molar-refractivity contribution in [1.82, 2.24) is 39.8 Å². The summed E-state index contributed by atoms with van der Waals surface area (Å²) in [6, 6.07) is 17.9. The van der Waals surface area contributed by atoms with Gasteiger partial charge in [-0.05, 0) is 122 Å². The lowest BCUT2D eigenvalue weighted by Crippen LogP contribution is -2.26. The first-order valence-electron chi connectivity index (χ1n) is 22.4. The summed E-state index contributed by atoms with van der Waals surface area (Å²) in [5, 5.41) is 23.9. The molecule has 22 heteroatoms. The van der Waals surface area contributed by atoms with Crippen LogP contribution < -0.4 is 26.6 Å². The molecule has 4 aromatic heterocycles. The molecule has 13 nitrogen and oxygen atoms in total. The Labute approximate surface area is 404 Å². The van der Waals surface area contributed by atoms with E-state index in [9.17, 15) is 44.7 Å². The van der Waals surface area contributed by atoms with Crippen molar-refractivity contribution in [3.8, 4) is 22.5 Å². The van der Waals surface area contributed by atoms with Gasteiger partial charge in [-0.15, -0.1) is 5.10 Å². The Morgan fingerprint density at radius 1 is 0.643 bits per heavy atom. The lowest BCUT2D eigenvalue weighted by molar-refractivity contribution is -0.135. The van der Waals surface area contributed by atoms with Crippen LogP contribution in [-0.4, -0.2) is 78.5 Å². The molecule has 5 N–H and O–H groups in total. The molecule has 0 aliphatic heterocycles. The Bertz CT molecular complexity index is 3060. The molecular weight excluding hydrogens is 994 g/mol. The van der Waals surface area contributed by atoms with E-state index in [0.29, 0.717) is 55.4 Å². The number of fused-ring (bicyclic) bond motifs is 2. The second-order valence-corrected chi connectivity index (χ2v) is 18.0. The number of imidazole rings is 2. The number of hydrogen-bond acceptors (Lipinski definition) is 9. The van der Waals surface area contributed by atoms with Gasteiger partial charge in [0.05, 0.1) is 35.2 Å². The van der Waals surface area contributed by atoms with E-state index < -0.39 is 36.8 Å². The number of aromatic nitrogens is 6. The van der Waals surface area contributed by atoms with E-state index in [2.05, 4.69) is 62.7 Å². The molecule has 3 aromatic carbocycles. The van der Waals surface area contributed by atoms with Crippen LogP contribution in [-0.2, 0) is 0 Å². The fraction of sp³-hybridized carbons (Fsp3) is 0.333. The van der Waals surface area contributed by atoms with Crippen molar-refractivity contribution in [2.75, 3.05) is 29.0 Å². The molecule has 7 aromatic rings. The van der Waals surface area contributed by atoms with Gasteiger partial charge < -0.3 is 26.6 Å². The van der Waals surface area contributed by atoms with Gasteiger partial charge in [0, 0.05) is 78.1 Å². The zero-order chi connectivity index (χ0) is 49.9. The van der Waals surface area contributed by atoms with Crippen LogP contribution in [0, 0.1) is 25.5 Å². The Kier molecular flexibility index (Phi) is 14.6. The van der Waals surface area contributed by atoms with E-state index in [4.69, 9.17) is 0 Å². The molecule has 368 valence electrons. The lowest BCUT2D eigenvalue weighted by Gasteiger charge is -2.13. The number of amides is 2. The molecule has 4 heterocycles. The highest BCUT2D eigenvalue weighted by molar-refractivity contribution is 9.10. The van der Waals surface area contributed by atoms with Gasteiger partial charge in [-0.1, -0.05) is 12.1 Å². The van der Waals surface area contributed by atoms with Crippen LogP contribution in [0.25, 0.3) is 33.8 Å². The number of anilines is 4. The highest BCUT2D eigenvalue weighted by Crippen LogP contribution is 2.32. The van der Waals surface area contributed by atoms with E-state index in [1.807, 2.05) is 32.0 Å². The van der Waals surface area contributed by atoms with Crippen molar-refractivity contribution >= 4 is 61.9 Å². The highest BCUT2D eigenvalue weighted by atomic mass is 79.9. The minimum absolute atomic E-state index is 0.0237. The molecular formula is C48H46BrF8N11O2. The molecule has 2 amide bonds. The number of carbonyl (C=O) groups excluding carboxylic acids is 2. The summed E-state index contributed by atoms with van der Waals surface area (Å²) in [7, 11) is 0. The maximum absolute atomic E-state index is 13.8. The highest BCUT2D eigenvalue weighted by Gasteiger charge is 2.28. The second kappa shape index (κ2) is 20.6. The molecule has 2 saturated carbocycles. The number of nitrogens with zero attached hydrogens (tertiary/aromatic N) is 6. The zero-order valence-electron chi connectivity index (χ0n) is 37.6. The summed E-state index contributed by atoms with van der Waals surface area (Å²) >= 11 is 3.36. The third-order valence-corrected chi connectivity index (χ3v) is 11.7. The minimum Gasteiger partial charge on any atom is -0.382 e. The monoisotopic (exact) mass is 1040 g/mol. The predicted octanol–water partition coefficient (Wildman–Crippen LogP) is 11.5. The molecule has 2 aliphatic rings. The third kappa shape index (κ3) is 12.7. The van der Waals surface area contributed by atoms with Gasteiger partial charge in [-0.25, -0.2) is 27.8 Å². The van der Waals surface area contributed by atoms with Gasteiger partial charge in [-0.2, -0.15) is 31.4 Å². The molecule has 70 heavy (non-hydrogen) atoms. The molecule has 0 unspecified atom stereocenters. The normalized spacial score (nSPS) is 13.8. The van der Waals surface area contributed by atoms with Gasteiger partial charge in [0.15, 0.2) is 28.7 Å². The number of alkyl halides is 6. The quantitative estimate of drug-likeness (QED) is 0.0470. The Morgan fingerprint density at radius 2 is 1.13 bits per heavy atom. The predicted molar refractivity (Wildman–Crippen MR) is 252 cm³/mol. The third-order valence-electron chi connectivity index (χ3n) is 11.4. The Balaban J connectivity index is 0.000000193. The molecule has 0 radical (unpaired) electrons. The molecule has 9 rings (SSSR count). The molecule has 0 bridgehead atoms. The number of halogens is 9. The van der Waals surface area contributed by atoms with Crippen molar-refractivity contribution in [3.05, 3.63) is 118 Å². The minimum atomic E-state index is -4.27. The summed E-state index contributed by atoms with van der Waals surface area (Å²) in [6.07, 6.45) is -3.18. The maximum atomic E-state index is 13.8. The lowest BCUT2D eigenvalue weighted by atomic mass is 10.0. The van der Waals surface area contributed by atoms with E-state index in [0.717, 1.165) is 54.5 Å². The van der Waals surface area contributed by atoms with Gasteiger partial charge in [0.2, 0.25) is 0 Å². The maximum Gasteiger partial charge on any atom is 0.389 e. The summed E-state index contributed by atoms with van der Waals surface area (Å²) in [5.74, 6) is -2.03. The number of nitrogens with one attached hydrogen (secondary N) is 5. The van der Waals surface area contributed by atoms with Gasteiger partial charge in [0.1, 0.15) is 4.60 Å². The summed E-state index contributed by atoms with van der Waals surface area (Å²) in [6.45, 7) is 3.89. The first-order chi connectivity index (χ1) is 33.3. The van der Waals surface area contributed by atoms with Crippen molar-refractivity contribution in [2.24, 2.45) is 0 Å². The van der Waals surface area contributed by atoms with Crippen molar-refractivity contribution < 1.29 is 44.7 Å². The summed E-state index contributed by atoms with van der Waals surface area (Å²) in [4.78, 5) is 33.8. The largest absolute Gasteiger partial charge is 0.389 e. The first kappa shape index (κ1) is 49.6. The van der Waals surface area contributed by atoms with Crippen molar-refractivity contribution in [1.29, 1.82) is 0 Å². The van der Waals surface area contributed by atoms with Crippen LogP contribution in [0.15, 0.2) is 83.7 Å². The van der Waals surface area contributed by atoms with Gasteiger partial charge in [-0.3, -0.25) is 9.59 Å². The number of benzene rings is 3. The van der Waals surface area contributed by atoms with Gasteiger partial charge >= 0.3 is 12.4 Å². The Morgan fingerprint density at radius 3 is 1.59 bits per heavy atom. The van der Waals surface area contributed by atoms with E-state index in [1.54, 1.807) is 41.2 Å². The van der Waals surface area contributed by atoms with Crippen LogP contribution in [0.2, 0.25) is 0 Å². The molecule has 2 fully saturated rings. The number of rotatable bonds is 16. The standard InChI is InChI=1S/C27H25F5N6O.C21H21BrF3N5O/c1-15-11-16(3-7-19(15)26(39)36-17-4-5-17)23-14-34-25-22(33-10-2-9-27(30,31)32)13-24(37-38(23)25)35-18-6-8-20(28)21(29)12-18;1-12-9-13(3-6-15(12)20(31)28-14-4-5-14)17-11-27-19-16(10-18(22)29-30(17)19)26-8-2-7-21(23,24)25/h3,6-8,11-14,17,33H,2,4-5,9-10H2,1H3,(H,35,37)(H,36,39);3,6,9-11,14,26H,2,4-5,7-8H2,1H3,(H,28,31). The van der Waals surface area contributed by atoms with E-state index >= 15 is 0 Å². The number of carbonyl (C=O) groups is 2. The average Bonchev–Trinajstić information content (AvgIpc) is 4.21. The van der Waals surface area contributed by atoms with E-state index in [1.165, 1.54) is 16.6 Å². The molecule has 0 saturated heterocycles. The topological polar surface area (TPSA) is 155 Å². The van der Waals surface area contributed by atoms with Crippen molar-refractivity contribution in [2.45, 2.75) is 89.7 Å². The van der Waals surface area contributed by atoms with Crippen LogP contribution >= 0.6 is 15.9 Å². The number of hydrogen-bond donors (Lipinski definition) is 5. The fourth-order valence-corrected chi connectivity index (χ4v) is 7.89. The Hall–Kier alpha value is -6.84. The van der Waals surface area contributed by atoms with Crippen molar-refractivity contribution in [3.63, 3.8) is 0 Å². The summed E-state index contributed by atoms with van der Waals surface area (Å²) in [5.41, 5.74) is 7.70. The first-order valence-corrected chi connectivity index (χ1v) is 23.2. The molecule has 2 aliphatic carbocycles. The van der Waals surface area contributed by atoms with Gasteiger partial charge in [0.25, 0.3) is 11.8 Å².